The van der Waals surface area contributed by atoms with Crippen LogP contribution in [0, 0.1) is 5.82 Å². The number of carbonyl (C=O) groups excluding carboxylic acids is 1. The van der Waals surface area contributed by atoms with E-state index < -0.39 is 28.7 Å². The van der Waals surface area contributed by atoms with Crippen molar-refractivity contribution in [3.8, 4) is 5.75 Å². The van der Waals surface area contributed by atoms with E-state index in [1.807, 2.05) is 0 Å². The first-order chi connectivity index (χ1) is 11.0. The second kappa shape index (κ2) is 5.85. The minimum absolute atomic E-state index is 0.153. The molecule has 0 aliphatic heterocycles. The van der Waals surface area contributed by atoms with Crippen LogP contribution in [0.2, 0.25) is 0 Å². The molecule has 0 unspecified atom stereocenters. The predicted octanol–water partition coefficient (Wildman–Crippen LogP) is 3.65. The fourth-order valence-corrected chi connectivity index (χ4v) is 2.43. The van der Waals surface area contributed by atoms with Gasteiger partial charge in [-0.2, -0.15) is 0 Å². The van der Waals surface area contributed by atoms with Crippen LogP contribution >= 0.6 is 15.9 Å². The van der Waals surface area contributed by atoms with E-state index >= 15 is 0 Å². The number of nitrogens with one attached hydrogen (secondary N) is 1. The lowest BCUT2D eigenvalue weighted by molar-refractivity contribution is 0.102. The molecule has 1 aromatic heterocycles. The molecule has 0 saturated heterocycles. The SMILES string of the molecule is O=C(Nc1ccc(F)cc1)c1c(O)c2ccc(Br)cc2oc1=O. The zero-order valence-electron chi connectivity index (χ0n) is 11.5. The van der Waals surface area contributed by atoms with Crippen LogP contribution < -0.4 is 10.9 Å². The molecule has 7 heteroatoms. The Kier molecular flexibility index (Phi) is 3.87. The van der Waals surface area contributed by atoms with Crippen LogP contribution in [0.4, 0.5) is 10.1 Å². The fourth-order valence-electron chi connectivity index (χ4n) is 2.09. The Hall–Kier alpha value is -2.67. The standard InChI is InChI=1S/C16H9BrFNO4/c17-8-1-6-11-12(7-8)23-16(22)13(14(11)20)15(21)19-10-4-2-9(18)3-5-10/h1-7,20H,(H,19,21). The molecule has 3 rings (SSSR count). The van der Waals surface area contributed by atoms with Gasteiger partial charge in [0.05, 0.1) is 5.39 Å². The molecule has 5 nitrogen and oxygen atoms in total. The maximum absolute atomic E-state index is 12.9. The van der Waals surface area contributed by atoms with E-state index in [-0.39, 0.29) is 16.7 Å². The third kappa shape index (κ3) is 2.95. The van der Waals surface area contributed by atoms with Crippen molar-refractivity contribution in [1.82, 2.24) is 0 Å². The molecule has 0 aliphatic rings. The van der Waals surface area contributed by atoms with Gasteiger partial charge in [-0.25, -0.2) is 9.18 Å². The van der Waals surface area contributed by atoms with E-state index in [2.05, 4.69) is 21.2 Å². The second-order valence-corrected chi connectivity index (χ2v) is 5.63. The summed E-state index contributed by atoms with van der Waals surface area (Å²) in [6.45, 7) is 0. The summed E-state index contributed by atoms with van der Waals surface area (Å²) in [6.07, 6.45) is 0. The van der Waals surface area contributed by atoms with Gasteiger partial charge in [-0.3, -0.25) is 4.79 Å². The molecule has 0 spiro atoms. The average molecular weight is 378 g/mol. The number of amides is 1. The Morgan fingerprint density at radius 1 is 1.17 bits per heavy atom. The van der Waals surface area contributed by atoms with Gasteiger partial charge in [0, 0.05) is 10.2 Å². The Morgan fingerprint density at radius 3 is 2.57 bits per heavy atom. The molecule has 1 amide bonds. The molecule has 0 radical (unpaired) electrons. The predicted molar refractivity (Wildman–Crippen MR) is 86.2 cm³/mol. The van der Waals surface area contributed by atoms with Crippen molar-refractivity contribution >= 4 is 38.5 Å². The van der Waals surface area contributed by atoms with Crippen LogP contribution in [0.1, 0.15) is 10.4 Å². The maximum atomic E-state index is 12.9. The summed E-state index contributed by atoms with van der Waals surface area (Å²) in [5, 5.41) is 12.9. The number of hydrogen-bond acceptors (Lipinski definition) is 4. The lowest BCUT2D eigenvalue weighted by Crippen LogP contribution is -2.21. The monoisotopic (exact) mass is 377 g/mol. The fraction of sp³-hybridized carbons (Fsp3) is 0. The molecular formula is C16H9BrFNO4. The Balaban J connectivity index is 2.05. The third-order valence-electron chi connectivity index (χ3n) is 3.17. The minimum atomic E-state index is -0.965. The van der Waals surface area contributed by atoms with Crippen molar-refractivity contribution in [2.45, 2.75) is 0 Å². The van der Waals surface area contributed by atoms with Crippen molar-refractivity contribution in [3.05, 3.63) is 68.7 Å². The number of fused-ring (bicyclic) bond motifs is 1. The van der Waals surface area contributed by atoms with Gasteiger partial charge in [-0.15, -0.1) is 0 Å². The number of benzene rings is 2. The number of halogens is 2. The first-order valence-electron chi connectivity index (χ1n) is 6.48. The van der Waals surface area contributed by atoms with Crippen molar-refractivity contribution in [1.29, 1.82) is 0 Å². The summed E-state index contributed by atoms with van der Waals surface area (Å²) >= 11 is 3.23. The van der Waals surface area contributed by atoms with E-state index in [0.717, 1.165) is 12.1 Å². The van der Waals surface area contributed by atoms with Crippen LogP contribution in [-0.2, 0) is 0 Å². The Bertz CT molecular complexity index is 966. The van der Waals surface area contributed by atoms with Gasteiger partial charge in [-0.1, -0.05) is 15.9 Å². The van der Waals surface area contributed by atoms with E-state index in [9.17, 15) is 19.1 Å². The van der Waals surface area contributed by atoms with Gasteiger partial charge >= 0.3 is 5.63 Å². The molecular weight excluding hydrogens is 369 g/mol. The molecule has 2 N–H and O–H groups in total. The molecule has 0 saturated carbocycles. The van der Waals surface area contributed by atoms with E-state index in [4.69, 9.17) is 4.42 Å². The van der Waals surface area contributed by atoms with Crippen LogP contribution in [0.3, 0.4) is 0 Å². The third-order valence-corrected chi connectivity index (χ3v) is 3.66. The molecule has 0 bridgehead atoms. The van der Waals surface area contributed by atoms with Crippen molar-refractivity contribution in [3.63, 3.8) is 0 Å². The molecule has 1 heterocycles. The number of carbonyl (C=O) groups is 1. The summed E-state index contributed by atoms with van der Waals surface area (Å²) in [5.41, 5.74) is -1.04. The zero-order chi connectivity index (χ0) is 16.6. The normalized spacial score (nSPS) is 10.7. The summed E-state index contributed by atoms with van der Waals surface area (Å²) in [4.78, 5) is 24.2. The van der Waals surface area contributed by atoms with Gasteiger partial charge in [-0.05, 0) is 42.5 Å². The van der Waals surface area contributed by atoms with E-state index in [0.29, 0.717) is 4.47 Å². The Morgan fingerprint density at radius 2 is 1.87 bits per heavy atom. The highest BCUT2D eigenvalue weighted by Gasteiger charge is 2.21. The summed E-state index contributed by atoms with van der Waals surface area (Å²) in [7, 11) is 0. The molecule has 23 heavy (non-hydrogen) atoms. The highest BCUT2D eigenvalue weighted by Crippen LogP contribution is 2.28. The molecule has 2 aromatic carbocycles. The highest BCUT2D eigenvalue weighted by molar-refractivity contribution is 9.10. The zero-order valence-corrected chi connectivity index (χ0v) is 13.1. The first-order valence-corrected chi connectivity index (χ1v) is 7.27. The van der Waals surface area contributed by atoms with Gasteiger partial charge in [0.25, 0.3) is 5.91 Å². The van der Waals surface area contributed by atoms with Crippen molar-refractivity contribution < 1.29 is 18.7 Å². The van der Waals surface area contributed by atoms with Gasteiger partial charge < -0.3 is 14.8 Å². The second-order valence-electron chi connectivity index (χ2n) is 4.71. The summed E-state index contributed by atoms with van der Waals surface area (Å²) in [5.74, 6) is -1.77. The summed E-state index contributed by atoms with van der Waals surface area (Å²) < 4.78 is 18.6. The Labute approximate surface area is 137 Å². The van der Waals surface area contributed by atoms with Crippen molar-refractivity contribution in [2.24, 2.45) is 0 Å². The summed E-state index contributed by atoms with van der Waals surface area (Å²) in [6, 6.07) is 9.67. The van der Waals surface area contributed by atoms with Crippen LogP contribution in [0.25, 0.3) is 11.0 Å². The number of anilines is 1. The lowest BCUT2D eigenvalue weighted by Gasteiger charge is -2.08. The van der Waals surface area contributed by atoms with Crippen LogP contribution in [-0.4, -0.2) is 11.0 Å². The molecule has 3 aromatic rings. The highest BCUT2D eigenvalue weighted by atomic mass is 79.9. The number of rotatable bonds is 2. The molecule has 0 fully saturated rings. The van der Waals surface area contributed by atoms with Gasteiger partial charge in [0.2, 0.25) is 0 Å². The molecule has 0 atom stereocenters. The van der Waals surface area contributed by atoms with Crippen LogP contribution in [0.15, 0.2) is 56.1 Å². The maximum Gasteiger partial charge on any atom is 0.353 e. The average Bonchev–Trinajstić information content (AvgIpc) is 2.49. The molecule has 116 valence electrons. The molecule has 0 aliphatic carbocycles. The minimum Gasteiger partial charge on any atom is -0.506 e. The quantitative estimate of drug-likeness (QED) is 0.668. The first kappa shape index (κ1) is 15.2. The van der Waals surface area contributed by atoms with Gasteiger partial charge in [0.15, 0.2) is 5.56 Å². The van der Waals surface area contributed by atoms with Crippen LogP contribution in [0.5, 0.6) is 5.75 Å². The lowest BCUT2D eigenvalue weighted by atomic mass is 10.1. The number of aromatic hydroxyl groups is 1. The van der Waals surface area contributed by atoms with Gasteiger partial charge in [0.1, 0.15) is 17.1 Å². The van der Waals surface area contributed by atoms with E-state index in [1.54, 1.807) is 6.07 Å². The smallest absolute Gasteiger partial charge is 0.353 e. The van der Waals surface area contributed by atoms with E-state index in [1.165, 1.54) is 24.3 Å². The number of hydrogen-bond donors (Lipinski definition) is 2. The topological polar surface area (TPSA) is 79.5 Å². The largest absolute Gasteiger partial charge is 0.506 e. The van der Waals surface area contributed by atoms with Crippen molar-refractivity contribution in [2.75, 3.05) is 5.32 Å².